The summed E-state index contributed by atoms with van der Waals surface area (Å²) in [6, 6.07) is 15.6. The number of rotatable bonds is 4. The standard InChI is InChI=1S/C15H13Cl2NO/c16-9-15(19)18-10-11-5-7-12(8-6-11)13-3-1-2-4-14(13)17/h1-8H,9-10H2,(H,18,19). The molecule has 1 amide bonds. The van der Waals surface area contributed by atoms with Gasteiger partial charge in [0.05, 0.1) is 0 Å². The van der Waals surface area contributed by atoms with Crippen LogP contribution in [0, 0.1) is 0 Å². The van der Waals surface area contributed by atoms with Crippen LogP contribution in [-0.4, -0.2) is 11.8 Å². The summed E-state index contributed by atoms with van der Waals surface area (Å²) in [6.45, 7) is 0.481. The van der Waals surface area contributed by atoms with Crippen LogP contribution in [0.4, 0.5) is 0 Å². The minimum absolute atomic E-state index is 0.0162. The maximum atomic E-state index is 11.1. The van der Waals surface area contributed by atoms with Crippen molar-refractivity contribution in [1.82, 2.24) is 5.32 Å². The Morgan fingerprint density at radius 1 is 1.05 bits per heavy atom. The quantitative estimate of drug-likeness (QED) is 0.852. The van der Waals surface area contributed by atoms with Crippen LogP contribution in [0.3, 0.4) is 0 Å². The molecule has 1 N–H and O–H groups in total. The van der Waals surface area contributed by atoms with Crippen molar-refractivity contribution in [3.05, 3.63) is 59.1 Å². The summed E-state index contributed by atoms with van der Waals surface area (Å²) in [4.78, 5) is 11.1. The molecule has 0 spiro atoms. The first-order chi connectivity index (χ1) is 9.20. The molecule has 2 aromatic carbocycles. The van der Waals surface area contributed by atoms with E-state index >= 15 is 0 Å². The van der Waals surface area contributed by atoms with E-state index in [2.05, 4.69) is 5.32 Å². The van der Waals surface area contributed by atoms with Gasteiger partial charge in [-0.3, -0.25) is 4.79 Å². The zero-order valence-electron chi connectivity index (χ0n) is 10.2. The van der Waals surface area contributed by atoms with E-state index in [1.54, 1.807) is 0 Å². The van der Waals surface area contributed by atoms with Gasteiger partial charge in [-0.05, 0) is 17.2 Å². The zero-order valence-corrected chi connectivity index (χ0v) is 11.7. The second-order valence-electron chi connectivity index (χ2n) is 4.09. The summed E-state index contributed by atoms with van der Waals surface area (Å²) in [7, 11) is 0. The number of carbonyl (C=O) groups excluding carboxylic acids is 1. The summed E-state index contributed by atoms with van der Waals surface area (Å²) in [6.07, 6.45) is 0. The number of benzene rings is 2. The minimum atomic E-state index is -0.170. The minimum Gasteiger partial charge on any atom is -0.351 e. The van der Waals surface area contributed by atoms with Gasteiger partial charge in [-0.25, -0.2) is 0 Å². The highest BCUT2D eigenvalue weighted by atomic mass is 35.5. The SMILES string of the molecule is O=C(CCl)NCc1ccc(-c2ccccc2Cl)cc1. The van der Waals surface area contributed by atoms with E-state index in [9.17, 15) is 4.79 Å². The Morgan fingerprint density at radius 2 is 1.74 bits per heavy atom. The van der Waals surface area contributed by atoms with Gasteiger partial charge in [0.1, 0.15) is 5.88 Å². The molecule has 2 nitrogen and oxygen atoms in total. The Labute approximate surface area is 122 Å². The van der Waals surface area contributed by atoms with Gasteiger partial charge < -0.3 is 5.32 Å². The molecule has 0 unspecified atom stereocenters. The Morgan fingerprint density at radius 3 is 2.37 bits per heavy atom. The highest BCUT2D eigenvalue weighted by molar-refractivity contribution is 6.33. The molecule has 0 aliphatic rings. The highest BCUT2D eigenvalue weighted by Crippen LogP contribution is 2.27. The molecule has 4 heteroatoms. The van der Waals surface area contributed by atoms with E-state index in [0.29, 0.717) is 6.54 Å². The van der Waals surface area contributed by atoms with Crippen molar-refractivity contribution in [2.75, 3.05) is 5.88 Å². The Bertz CT molecular complexity index is 567. The Hall–Kier alpha value is -1.51. The van der Waals surface area contributed by atoms with Gasteiger partial charge in [-0.15, -0.1) is 11.6 Å². The number of hydrogen-bond acceptors (Lipinski definition) is 1. The second kappa shape index (κ2) is 6.60. The van der Waals surface area contributed by atoms with Crippen LogP contribution in [0.25, 0.3) is 11.1 Å². The van der Waals surface area contributed by atoms with E-state index in [0.717, 1.165) is 21.7 Å². The van der Waals surface area contributed by atoms with Crippen molar-refractivity contribution in [3.8, 4) is 11.1 Å². The van der Waals surface area contributed by atoms with Crippen LogP contribution in [0.2, 0.25) is 5.02 Å². The van der Waals surface area contributed by atoms with Crippen LogP contribution < -0.4 is 5.32 Å². The molecule has 2 rings (SSSR count). The maximum absolute atomic E-state index is 11.1. The molecule has 0 heterocycles. The van der Waals surface area contributed by atoms with Crippen molar-refractivity contribution >= 4 is 29.1 Å². The molecular weight excluding hydrogens is 281 g/mol. The lowest BCUT2D eigenvalue weighted by molar-refractivity contribution is -0.118. The molecule has 0 aliphatic heterocycles. The van der Waals surface area contributed by atoms with Gasteiger partial charge in [-0.2, -0.15) is 0 Å². The lowest BCUT2D eigenvalue weighted by Crippen LogP contribution is -2.23. The molecule has 0 aliphatic carbocycles. The smallest absolute Gasteiger partial charge is 0.235 e. The zero-order chi connectivity index (χ0) is 13.7. The Balaban J connectivity index is 2.11. The van der Waals surface area contributed by atoms with E-state index < -0.39 is 0 Å². The summed E-state index contributed by atoms with van der Waals surface area (Å²) in [5.41, 5.74) is 3.08. The van der Waals surface area contributed by atoms with Crippen molar-refractivity contribution in [1.29, 1.82) is 0 Å². The van der Waals surface area contributed by atoms with Gasteiger partial charge in [0.2, 0.25) is 5.91 Å². The number of amides is 1. The van der Waals surface area contributed by atoms with Crippen molar-refractivity contribution in [2.24, 2.45) is 0 Å². The molecule has 0 saturated heterocycles. The fourth-order valence-corrected chi connectivity index (χ4v) is 2.08. The number of alkyl halides is 1. The molecule has 0 aromatic heterocycles. The van der Waals surface area contributed by atoms with Crippen LogP contribution in [-0.2, 0) is 11.3 Å². The van der Waals surface area contributed by atoms with Gasteiger partial charge in [0, 0.05) is 17.1 Å². The number of nitrogens with one attached hydrogen (secondary N) is 1. The number of hydrogen-bond donors (Lipinski definition) is 1. The summed E-state index contributed by atoms with van der Waals surface area (Å²) in [5, 5.41) is 3.45. The van der Waals surface area contributed by atoms with Crippen molar-refractivity contribution in [3.63, 3.8) is 0 Å². The van der Waals surface area contributed by atoms with E-state index in [4.69, 9.17) is 23.2 Å². The number of carbonyl (C=O) groups is 1. The van der Waals surface area contributed by atoms with Crippen LogP contribution >= 0.6 is 23.2 Å². The summed E-state index contributed by atoms with van der Waals surface area (Å²) < 4.78 is 0. The molecular formula is C15H13Cl2NO. The van der Waals surface area contributed by atoms with Crippen molar-refractivity contribution in [2.45, 2.75) is 6.54 Å². The van der Waals surface area contributed by atoms with E-state index in [1.807, 2.05) is 48.5 Å². The van der Waals surface area contributed by atoms with Crippen LogP contribution in [0.15, 0.2) is 48.5 Å². The Kier molecular flexibility index (Phi) is 4.83. The third-order valence-electron chi connectivity index (χ3n) is 2.75. The number of halogens is 2. The lowest BCUT2D eigenvalue weighted by atomic mass is 10.0. The molecule has 0 saturated carbocycles. The largest absolute Gasteiger partial charge is 0.351 e. The second-order valence-corrected chi connectivity index (χ2v) is 4.76. The average Bonchev–Trinajstić information content (AvgIpc) is 2.46. The topological polar surface area (TPSA) is 29.1 Å². The summed E-state index contributed by atoms with van der Waals surface area (Å²) >= 11 is 11.6. The van der Waals surface area contributed by atoms with Crippen LogP contribution in [0.1, 0.15) is 5.56 Å². The van der Waals surface area contributed by atoms with E-state index in [1.165, 1.54) is 0 Å². The first-order valence-electron chi connectivity index (χ1n) is 5.87. The maximum Gasteiger partial charge on any atom is 0.235 e. The van der Waals surface area contributed by atoms with Gasteiger partial charge in [0.25, 0.3) is 0 Å². The molecule has 2 aromatic rings. The molecule has 19 heavy (non-hydrogen) atoms. The van der Waals surface area contributed by atoms with Crippen LogP contribution in [0.5, 0.6) is 0 Å². The first-order valence-corrected chi connectivity index (χ1v) is 6.78. The lowest BCUT2D eigenvalue weighted by Gasteiger charge is -2.07. The predicted octanol–water partition coefficient (Wildman–Crippen LogP) is 3.86. The third-order valence-corrected chi connectivity index (χ3v) is 3.32. The van der Waals surface area contributed by atoms with Gasteiger partial charge in [0.15, 0.2) is 0 Å². The highest BCUT2D eigenvalue weighted by Gasteiger charge is 2.03. The molecule has 0 radical (unpaired) electrons. The molecule has 0 atom stereocenters. The van der Waals surface area contributed by atoms with E-state index in [-0.39, 0.29) is 11.8 Å². The van der Waals surface area contributed by atoms with Gasteiger partial charge >= 0.3 is 0 Å². The normalized spacial score (nSPS) is 10.2. The third kappa shape index (κ3) is 3.72. The predicted molar refractivity (Wildman–Crippen MR) is 79.5 cm³/mol. The molecule has 0 bridgehead atoms. The summed E-state index contributed by atoms with van der Waals surface area (Å²) in [5.74, 6) is -0.186. The fraction of sp³-hybridized carbons (Fsp3) is 0.133. The molecule has 0 fully saturated rings. The average molecular weight is 294 g/mol. The van der Waals surface area contributed by atoms with Crippen molar-refractivity contribution < 1.29 is 4.79 Å². The van der Waals surface area contributed by atoms with Gasteiger partial charge in [-0.1, -0.05) is 54.1 Å². The first kappa shape index (κ1) is 13.9. The monoisotopic (exact) mass is 293 g/mol. The molecule has 98 valence electrons. The fourth-order valence-electron chi connectivity index (χ4n) is 1.75.